The van der Waals surface area contributed by atoms with Gasteiger partial charge < -0.3 is 11.1 Å². The summed E-state index contributed by atoms with van der Waals surface area (Å²) in [7, 11) is 0. The van der Waals surface area contributed by atoms with E-state index in [0.29, 0.717) is 0 Å². The van der Waals surface area contributed by atoms with E-state index in [9.17, 15) is 4.79 Å². The molecule has 3 heteroatoms. The van der Waals surface area contributed by atoms with Crippen LogP contribution in [0.5, 0.6) is 0 Å². The van der Waals surface area contributed by atoms with E-state index in [2.05, 4.69) is 5.32 Å². The van der Waals surface area contributed by atoms with E-state index >= 15 is 0 Å². The minimum absolute atomic E-state index is 0.0163. The fourth-order valence-corrected chi connectivity index (χ4v) is 2.49. The lowest BCUT2D eigenvalue weighted by Crippen LogP contribution is -2.51. The molecule has 2 aromatic rings. The Bertz CT molecular complexity index is 566. The number of nitrogens with two attached hydrogens (primary N) is 1. The van der Waals surface area contributed by atoms with Crippen molar-refractivity contribution < 1.29 is 4.79 Å². The fourth-order valence-electron chi connectivity index (χ4n) is 2.49. The predicted molar refractivity (Wildman–Crippen MR) is 82.2 cm³/mol. The molecule has 0 fully saturated rings. The van der Waals surface area contributed by atoms with E-state index in [1.807, 2.05) is 74.5 Å². The molecule has 0 spiro atoms. The van der Waals surface area contributed by atoms with Crippen LogP contribution in [0.15, 0.2) is 60.7 Å². The number of para-hydroxylation sites is 1. The van der Waals surface area contributed by atoms with Crippen molar-refractivity contribution in [1.82, 2.24) is 0 Å². The molecule has 0 aliphatic rings. The lowest BCUT2D eigenvalue weighted by Gasteiger charge is -2.37. The number of hydrogen-bond acceptors (Lipinski definition) is 2. The molecule has 20 heavy (non-hydrogen) atoms. The highest BCUT2D eigenvalue weighted by Gasteiger charge is 2.41. The van der Waals surface area contributed by atoms with E-state index in [1.165, 1.54) is 0 Å². The normalized spacial score (nSPS) is 13.8. The first-order valence-corrected chi connectivity index (χ1v) is 6.76. The first-order chi connectivity index (χ1) is 9.57. The predicted octanol–water partition coefficient (Wildman–Crippen LogP) is 3.14. The van der Waals surface area contributed by atoms with E-state index in [1.54, 1.807) is 0 Å². The third kappa shape index (κ3) is 2.52. The quantitative estimate of drug-likeness (QED) is 0.875. The third-order valence-corrected chi connectivity index (χ3v) is 3.60. The van der Waals surface area contributed by atoms with E-state index in [4.69, 9.17) is 5.73 Å². The molecule has 1 amide bonds. The molecule has 0 radical (unpaired) electrons. The van der Waals surface area contributed by atoms with Crippen LogP contribution in [0.4, 0.5) is 5.69 Å². The average Bonchev–Trinajstić information content (AvgIpc) is 2.46. The number of anilines is 1. The third-order valence-electron chi connectivity index (χ3n) is 3.60. The molecule has 0 aliphatic carbocycles. The topological polar surface area (TPSA) is 55.1 Å². The van der Waals surface area contributed by atoms with Crippen LogP contribution in [0, 0.1) is 5.92 Å². The molecule has 1 unspecified atom stereocenters. The summed E-state index contributed by atoms with van der Waals surface area (Å²) in [5.41, 5.74) is 6.60. The Hall–Kier alpha value is -2.29. The van der Waals surface area contributed by atoms with Gasteiger partial charge in [-0.15, -0.1) is 0 Å². The van der Waals surface area contributed by atoms with Gasteiger partial charge in [0.15, 0.2) is 0 Å². The molecule has 104 valence electrons. The highest BCUT2D eigenvalue weighted by Crippen LogP contribution is 2.33. The maximum Gasteiger partial charge on any atom is 0.248 e. The summed E-state index contributed by atoms with van der Waals surface area (Å²) in [5, 5.41) is 3.33. The smallest absolute Gasteiger partial charge is 0.248 e. The zero-order valence-corrected chi connectivity index (χ0v) is 11.8. The highest BCUT2D eigenvalue weighted by atomic mass is 16.1. The SMILES string of the molecule is CC(C)C(Nc1ccccc1)(C(N)=O)c1ccccc1. The summed E-state index contributed by atoms with van der Waals surface area (Å²) >= 11 is 0. The van der Waals surface area contributed by atoms with Crippen molar-refractivity contribution in [1.29, 1.82) is 0 Å². The summed E-state index contributed by atoms with van der Waals surface area (Å²) in [4.78, 5) is 12.2. The Morgan fingerprint density at radius 3 is 1.95 bits per heavy atom. The van der Waals surface area contributed by atoms with Gasteiger partial charge in [-0.25, -0.2) is 0 Å². The van der Waals surface area contributed by atoms with Crippen LogP contribution in [0.1, 0.15) is 19.4 Å². The van der Waals surface area contributed by atoms with Crippen molar-refractivity contribution in [2.24, 2.45) is 11.7 Å². The largest absolute Gasteiger partial charge is 0.367 e. The monoisotopic (exact) mass is 268 g/mol. The van der Waals surface area contributed by atoms with Gasteiger partial charge in [-0.3, -0.25) is 4.79 Å². The number of nitrogens with one attached hydrogen (secondary N) is 1. The van der Waals surface area contributed by atoms with Gasteiger partial charge in [0.25, 0.3) is 0 Å². The number of hydrogen-bond donors (Lipinski definition) is 2. The Morgan fingerprint density at radius 2 is 1.50 bits per heavy atom. The Balaban J connectivity index is 2.52. The molecule has 0 bridgehead atoms. The summed E-state index contributed by atoms with van der Waals surface area (Å²) in [6.45, 7) is 3.99. The lowest BCUT2D eigenvalue weighted by atomic mass is 9.79. The van der Waals surface area contributed by atoms with Crippen molar-refractivity contribution in [3.63, 3.8) is 0 Å². The fraction of sp³-hybridized carbons (Fsp3) is 0.235. The maximum atomic E-state index is 12.2. The van der Waals surface area contributed by atoms with E-state index in [-0.39, 0.29) is 11.8 Å². The molecule has 2 rings (SSSR count). The molecule has 0 saturated carbocycles. The zero-order chi connectivity index (χ0) is 14.6. The minimum Gasteiger partial charge on any atom is -0.367 e. The van der Waals surface area contributed by atoms with E-state index in [0.717, 1.165) is 11.3 Å². The molecule has 1 atom stereocenters. The van der Waals surface area contributed by atoms with Crippen molar-refractivity contribution in [3.05, 3.63) is 66.2 Å². The number of rotatable bonds is 5. The Kier molecular flexibility index (Phi) is 4.08. The van der Waals surface area contributed by atoms with Crippen LogP contribution in [-0.4, -0.2) is 5.91 Å². The minimum atomic E-state index is -0.914. The standard InChI is InChI=1S/C17H20N2O/c1-13(2)17(16(18)20,14-9-5-3-6-10-14)19-15-11-7-4-8-12-15/h3-13,19H,1-2H3,(H2,18,20). The summed E-state index contributed by atoms with van der Waals surface area (Å²) in [6, 6.07) is 19.3. The van der Waals surface area contributed by atoms with Crippen LogP contribution < -0.4 is 11.1 Å². The number of benzene rings is 2. The number of carbonyl (C=O) groups is 1. The zero-order valence-electron chi connectivity index (χ0n) is 11.8. The number of carbonyl (C=O) groups excluding carboxylic acids is 1. The lowest BCUT2D eigenvalue weighted by molar-refractivity contribution is -0.124. The van der Waals surface area contributed by atoms with Crippen LogP contribution in [0.2, 0.25) is 0 Å². The second-order valence-corrected chi connectivity index (χ2v) is 5.18. The first-order valence-electron chi connectivity index (χ1n) is 6.76. The first kappa shape index (κ1) is 14.1. The second-order valence-electron chi connectivity index (χ2n) is 5.18. The molecule has 3 N–H and O–H groups in total. The second kappa shape index (κ2) is 5.78. The molecule has 0 saturated heterocycles. The van der Waals surface area contributed by atoms with Gasteiger partial charge in [-0.05, 0) is 23.6 Å². The summed E-state index contributed by atoms with van der Waals surface area (Å²) in [6.07, 6.45) is 0. The van der Waals surface area contributed by atoms with Crippen LogP contribution in [0.25, 0.3) is 0 Å². The van der Waals surface area contributed by atoms with Gasteiger partial charge in [-0.1, -0.05) is 62.4 Å². The van der Waals surface area contributed by atoms with Crippen molar-refractivity contribution >= 4 is 11.6 Å². The van der Waals surface area contributed by atoms with Crippen LogP contribution in [0.3, 0.4) is 0 Å². The van der Waals surface area contributed by atoms with Crippen molar-refractivity contribution in [2.45, 2.75) is 19.4 Å². The highest BCUT2D eigenvalue weighted by molar-refractivity contribution is 5.89. The Labute approximate surface area is 119 Å². The van der Waals surface area contributed by atoms with Crippen LogP contribution in [-0.2, 0) is 10.3 Å². The Morgan fingerprint density at radius 1 is 1.00 bits per heavy atom. The maximum absolute atomic E-state index is 12.2. The average molecular weight is 268 g/mol. The van der Waals surface area contributed by atoms with Gasteiger partial charge in [0, 0.05) is 5.69 Å². The van der Waals surface area contributed by atoms with Gasteiger partial charge in [0.1, 0.15) is 5.54 Å². The van der Waals surface area contributed by atoms with Gasteiger partial charge in [-0.2, -0.15) is 0 Å². The number of primary amides is 1. The molecular weight excluding hydrogens is 248 g/mol. The molecular formula is C17H20N2O. The summed E-state index contributed by atoms with van der Waals surface area (Å²) in [5.74, 6) is -0.356. The molecule has 0 aliphatic heterocycles. The van der Waals surface area contributed by atoms with Crippen LogP contribution >= 0.6 is 0 Å². The summed E-state index contributed by atoms with van der Waals surface area (Å²) < 4.78 is 0. The van der Waals surface area contributed by atoms with E-state index < -0.39 is 5.54 Å². The van der Waals surface area contributed by atoms with Crippen molar-refractivity contribution in [2.75, 3.05) is 5.32 Å². The van der Waals surface area contributed by atoms with Gasteiger partial charge in [0.2, 0.25) is 5.91 Å². The molecule has 3 nitrogen and oxygen atoms in total. The molecule has 0 aromatic heterocycles. The number of amides is 1. The molecule has 0 heterocycles. The van der Waals surface area contributed by atoms with Gasteiger partial charge >= 0.3 is 0 Å². The van der Waals surface area contributed by atoms with Crippen molar-refractivity contribution in [3.8, 4) is 0 Å². The van der Waals surface area contributed by atoms with Gasteiger partial charge in [0.05, 0.1) is 0 Å². The molecule has 2 aromatic carbocycles.